The number of hydrogen-bond acceptors (Lipinski definition) is 3. The van der Waals surface area contributed by atoms with E-state index >= 15 is 0 Å². The predicted octanol–water partition coefficient (Wildman–Crippen LogP) is 1.89. The van der Waals surface area contributed by atoms with E-state index in [9.17, 15) is 4.79 Å². The normalized spacial score (nSPS) is 13.6. The van der Waals surface area contributed by atoms with Gasteiger partial charge in [-0.25, -0.2) is 4.79 Å². The van der Waals surface area contributed by atoms with Crippen molar-refractivity contribution in [1.29, 1.82) is 0 Å². The molecular formula is C10H21NO3. The molecule has 0 heterocycles. The van der Waals surface area contributed by atoms with Crippen molar-refractivity contribution >= 4 is 6.09 Å². The average Bonchev–Trinajstić information content (AvgIpc) is 2.00. The topological polar surface area (TPSA) is 38.8 Å². The van der Waals surface area contributed by atoms with E-state index < -0.39 is 5.60 Å². The zero-order chi connectivity index (χ0) is 11.4. The van der Waals surface area contributed by atoms with Crippen molar-refractivity contribution in [3.8, 4) is 0 Å². The summed E-state index contributed by atoms with van der Waals surface area (Å²) >= 11 is 0. The molecule has 0 aliphatic carbocycles. The summed E-state index contributed by atoms with van der Waals surface area (Å²) in [5, 5.41) is 0. The van der Waals surface area contributed by atoms with Gasteiger partial charge in [-0.1, -0.05) is 0 Å². The number of nitrogens with zero attached hydrogens (tertiary/aromatic N) is 1. The second kappa shape index (κ2) is 5.20. The molecule has 0 N–H and O–H groups in total. The van der Waals surface area contributed by atoms with Gasteiger partial charge in [-0.2, -0.15) is 0 Å². The molecule has 0 fully saturated rings. The van der Waals surface area contributed by atoms with Gasteiger partial charge in [0.1, 0.15) is 5.60 Å². The minimum Gasteiger partial charge on any atom is -0.444 e. The molecule has 0 aliphatic rings. The Balaban J connectivity index is 4.12. The van der Waals surface area contributed by atoms with E-state index in [4.69, 9.17) is 9.47 Å². The Hall–Kier alpha value is -0.770. The zero-order valence-corrected chi connectivity index (χ0v) is 9.96. The van der Waals surface area contributed by atoms with Crippen molar-refractivity contribution in [2.75, 3.05) is 20.8 Å². The van der Waals surface area contributed by atoms with E-state index in [0.717, 1.165) is 0 Å². The molecule has 0 aromatic carbocycles. The Morgan fingerprint density at radius 2 is 1.93 bits per heavy atom. The summed E-state index contributed by atoms with van der Waals surface area (Å²) in [4.78, 5) is 13.1. The van der Waals surface area contributed by atoms with Crippen LogP contribution in [0.5, 0.6) is 0 Å². The fraction of sp³-hybridized carbons (Fsp3) is 0.900. The van der Waals surface area contributed by atoms with Gasteiger partial charge in [0.15, 0.2) is 0 Å². The summed E-state index contributed by atoms with van der Waals surface area (Å²) in [6, 6.07) is 0.0230. The SMILES string of the molecule is COC[C@H](C)N(C)C(=O)OC(C)(C)C. The average molecular weight is 203 g/mol. The Labute approximate surface area is 86.2 Å². The van der Waals surface area contributed by atoms with E-state index in [1.54, 1.807) is 14.2 Å². The summed E-state index contributed by atoms with van der Waals surface area (Å²) in [6.45, 7) is 7.96. The van der Waals surface area contributed by atoms with E-state index in [1.165, 1.54) is 4.90 Å². The van der Waals surface area contributed by atoms with Crippen LogP contribution in [0.3, 0.4) is 0 Å². The molecule has 0 aromatic rings. The van der Waals surface area contributed by atoms with Crippen LogP contribution in [0.2, 0.25) is 0 Å². The van der Waals surface area contributed by atoms with Crippen LogP contribution in [0, 0.1) is 0 Å². The van der Waals surface area contributed by atoms with Crippen LogP contribution in [0.4, 0.5) is 4.79 Å². The van der Waals surface area contributed by atoms with Crippen molar-refractivity contribution in [3.63, 3.8) is 0 Å². The zero-order valence-electron chi connectivity index (χ0n) is 9.96. The molecule has 84 valence electrons. The fourth-order valence-electron chi connectivity index (χ4n) is 0.867. The molecule has 14 heavy (non-hydrogen) atoms. The van der Waals surface area contributed by atoms with Crippen LogP contribution in [-0.4, -0.2) is 43.4 Å². The molecule has 4 heteroatoms. The minimum absolute atomic E-state index is 0.0230. The number of carbonyl (C=O) groups is 1. The van der Waals surface area contributed by atoms with Crippen molar-refractivity contribution in [3.05, 3.63) is 0 Å². The highest BCUT2D eigenvalue weighted by Gasteiger charge is 2.22. The maximum Gasteiger partial charge on any atom is 0.410 e. The lowest BCUT2D eigenvalue weighted by molar-refractivity contribution is 0.0154. The highest BCUT2D eigenvalue weighted by molar-refractivity contribution is 5.68. The summed E-state index contributed by atoms with van der Waals surface area (Å²) in [5.74, 6) is 0. The number of hydrogen-bond donors (Lipinski definition) is 0. The van der Waals surface area contributed by atoms with Gasteiger partial charge in [0.05, 0.1) is 12.6 Å². The molecule has 0 unspecified atom stereocenters. The quantitative estimate of drug-likeness (QED) is 0.703. The van der Waals surface area contributed by atoms with Crippen molar-refractivity contribution < 1.29 is 14.3 Å². The maximum atomic E-state index is 11.5. The Morgan fingerprint density at radius 1 is 1.43 bits per heavy atom. The van der Waals surface area contributed by atoms with Crippen LogP contribution >= 0.6 is 0 Å². The Bertz CT molecular complexity index is 186. The maximum absolute atomic E-state index is 11.5. The number of carbonyl (C=O) groups excluding carboxylic acids is 1. The summed E-state index contributed by atoms with van der Waals surface area (Å²) < 4.78 is 10.2. The molecule has 0 saturated carbocycles. The van der Waals surface area contributed by atoms with Gasteiger partial charge >= 0.3 is 6.09 Å². The number of likely N-dealkylation sites (N-methyl/N-ethyl adjacent to an activating group) is 1. The lowest BCUT2D eigenvalue weighted by atomic mass is 10.2. The molecule has 0 rings (SSSR count). The van der Waals surface area contributed by atoms with Gasteiger partial charge < -0.3 is 14.4 Å². The lowest BCUT2D eigenvalue weighted by Crippen LogP contribution is -2.41. The smallest absolute Gasteiger partial charge is 0.410 e. The Kier molecular flexibility index (Phi) is 4.91. The van der Waals surface area contributed by atoms with Crippen molar-refractivity contribution in [1.82, 2.24) is 4.90 Å². The number of methoxy groups -OCH3 is 1. The van der Waals surface area contributed by atoms with Crippen LogP contribution in [0.25, 0.3) is 0 Å². The van der Waals surface area contributed by atoms with Gasteiger partial charge in [0.25, 0.3) is 0 Å². The third-order valence-corrected chi connectivity index (χ3v) is 1.75. The standard InChI is InChI=1S/C10H21NO3/c1-8(7-13-6)11(5)9(12)14-10(2,3)4/h8H,7H2,1-6H3/t8-/m0/s1. The van der Waals surface area contributed by atoms with Gasteiger partial charge in [-0.3, -0.25) is 0 Å². The van der Waals surface area contributed by atoms with Crippen LogP contribution in [-0.2, 0) is 9.47 Å². The first-order valence-electron chi connectivity index (χ1n) is 4.72. The van der Waals surface area contributed by atoms with Crippen molar-refractivity contribution in [2.45, 2.75) is 39.3 Å². The number of rotatable bonds is 3. The first-order chi connectivity index (χ1) is 6.28. The molecule has 1 atom stereocenters. The summed E-state index contributed by atoms with van der Waals surface area (Å²) in [5.41, 5.74) is -0.446. The number of ether oxygens (including phenoxy) is 2. The first kappa shape index (κ1) is 13.2. The molecule has 4 nitrogen and oxygen atoms in total. The largest absolute Gasteiger partial charge is 0.444 e. The van der Waals surface area contributed by atoms with Gasteiger partial charge in [0, 0.05) is 14.2 Å². The molecule has 0 spiro atoms. The molecular weight excluding hydrogens is 182 g/mol. The second-order valence-corrected chi connectivity index (χ2v) is 4.40. The molecule has 0 radical (unpaired) electrons. The van der Waals surface area contributed by atoms with E-state index in [-0.39, 0.29) is 12.1 Å². The van der Waals surface area contributed by atoms with Gasteiger partial charge in [0.2, 0.25) is 0 Å². The molecule has 1 amide bonds. The van der Waals surface area contributed by atoms with Crippen LogP contribution in [0.15, 0.2) is 0 Å². The third-order valence-electron chi connectivity index (χ3n) is 1.75. The summed E-state index contributed by atoms with van der Waals surface area (Å²) in [7, 11) is 3.32. The van der Waals surface area contributed by atoms with E-state index in [0.29, 0.717) is 6.61 Å². The molecule has 0 aliphatic heterocycles. The van der Waals surface area contributed by atoms with Crippen molar-refractivity contribution in [2.24, 2.45) is 0 Å². The predicted molar refractivity (Wildman–Crippen MR) is 55.3 cm³/mol. The van der Waals surface area contributed by atoms with Crippen LogP contribution < -0.4 is 0 Å². The first-order valence-corrected chi connectivity index (χ1v) is 4.72. The van der Waals surface area contributed by atoms with Crippen LogP contribution in [0.1, 0.15) is 27.7 Å². The minimum atomic E-state index is -0.446. The number of amides is 1. The summed E-state index contributed by atoms with van der Waals surface area (Å²) in [6.07, 6.45) is -0.318. The molecule has 0 aromatic heterocycles. The Morgan fingerprint density at radius 3 is 2.29 bits per heavy atom. The second-order valence-electron chi connectivity index (χ2n) is 4.40. The van der Waals surface area contributed by atoms with Gasteiger partial charge in [-0.15, -0.1) is 0 Å². The van der Waals surface area contributed by atoms with E-state index in [2.05, 4.69) is 0 Å². The van der Waals surface area contributed by atoms with E-state index in [1.807, 2.05) is 27.7 Å². The molecule has 0 bridgehead atoms. The fourth-order valence-corrected chi connectivity index (χ4v) is 0.867. The monoisotopic (exact) mass is 203 g/mol. The lowest BCUT2D eigenvalue weighted by Gasteiger charge is -2.28. The van der Waals surface area contributed by atoms with Gasteiger partial charge in [-0.05, 0) is 27.7 Å². The highest BCUT2D eigenvalue weighted by Crippen LogP contribution is 2.10. The highest BCUT2D eigenvalue weighted by atomic mass is 16.6. The molecule has 0 saturated heterocycles. The third kappa shape index (κ3) is 5.07.